The van der Waals surface area contributed by atoms with Gasteiger partial charge in [-0.2, -0.15) is 0 Å². The number of hydrogen-bond donors (Lipinski definition) is 2. The predicted octanol–water partition coefficient (Wildman–Crippen LogP) is 3.17. The minimum atomic E-state index is -0.350. The lowest BCUT2D eigenvalue weighted by Crippen LogP contribution is -1.98. The Labute approximate surface area is 111 Å². The second-order valence-electron chi connectivity index (χ2n) is 3.93. The van der Waals surface area contributed by atoms with Crippen molar-refractivity contribution in [2.45, 2.75) is 0 Å². The monoisotopic (exact) mass is 262 g/mol. The van der Waals surface area contributed by atoms with Crippen LogP contribution in [0.5, 0.6) is 11.5 Å². The smallest absolute Gasteiger partial charge is 0.162 e. The Kier molecular flexibility index (Phi) is 3.75. The van der Waals surface area contributed by atoms with Gasteiger partial charge in [0.05, 0.1) is 25.6 Å². The molecule has 0 unspecified atom stereocenters. The van der Waals surface area contributed by atoms with E-state index in [0.29, 0.717) is 22.9 Å². The average Bonchev–Trinajstić information content (AvgIpc) is 2.42. The topological polar surface area (TPSA) is 56.5 Å². The summed E-state index contributed by atoms with van der Waals surface area (Å²) in [5.41, 5.74) is 7.49. The molecular weight excluding hydrogens is 247 g/mol. The minimum absolute atomic E-state index is 0.350. The number of methoxy groups -OCH3 is 2. The van der Waals surface area contributed by atoms with Gasteiger partial charge in [-0.1, -0.05) is 0 Å². The molecule has 2 rings (SSSR count). The van der Waals surface area contributed by atoms with Crippen molar-refractivity contribution in [1.29, 1.82) is 0 Å². The van der Waals surface area contributed by atoms with Crippen LogP contribution in [0.2, 0.25) is 0 Å². The van der Waals surface area contributed by atoms with Crippen LogP contribution >= 0.6 is 0 Å². The number of nitrogens with one attached hydrogen (secondary N) is 1. The first-order valence-corrected chi connectivity index (χ1v) is 5.68. The molecule has 0 spiro atoms. The van der Waals surface area contributed by atoms with Crippen LogP contribution in [0.3, 0.4) is 0 Å². The molecular formula is C14H15FN2O2. The van der Waals surface area contributed by atoms with Crippen molar-refractivity contribution in [3.05, 3.63) is 42.2 Å². The Morgan fingerprint density at radius 3 is 2.42 bits per heavy atom. The SMILES string of the molecule is COc1ccc(Nc2cc(F)ccc2N)cc1OC. The maximum absolute atomic E-state index is 13.2. The molecule has 0 saturated carbocycles. The molecule has 0 aromatic heterocycles. The van der Waals surface area contributed by atoms with E-state index in [1.807, 2.05) is 0 Å². The summed E-state index contributed by atoms with van der Waals surface area (Å²) in [4.78, 5) is 0. The number of nitrogens with two attached hydrogens (primary N) is 1. The number of anilines is 3. The summed E-state index contributed by atoms with van der Waals surface area (Å²) in [5.74, 6) is 0.861. The lowest BCUT2D eigenvalue weighted by molar-refractivity contribution is 0.355. The molecule has 0 amide bonds. The van der Waals surface area contributed by atoms with Crippen LogP contribution in [0.4, 0.5) is 21.5 Å². The predicted molar refractivity (Wildman–Crippen MR) is 73.6 cm³/mol. The summed E-state index contributed by atoms with van der Waals surface area (Å²) in [6.45, 7) is 0. The zero-order valence-corrected chi connectivity index (χ0v) is 10.7. The van der Waals surface area contributed by atoms with Crippen molar-refractivity contribution >= 4 is 17.1 Å². The highest BCUT2D eigenvalue weighted by Gasteiger charge is 2.06. The van der Waals surface area contributed by atoms with Gasteiger partial charge in [0.1, 0.15) is 5.82 Å². The Morgan fingerprint density at radius 1 is 1.00 bits per heavy atom. The Morgan fingerprint density at radius 2 is 1.74 bits per heavy atom. The van der Waals surface area contributed by atoms with Crippen LogP contribution in [0, 0.1) is 5.82 Å². The van der Waals surface area contributed by atoms with Gasteiger partial charge in [-0.15, -0.1) is 0 Å². The van der Waals surface area contributed by atoms with E-state index in [1.54, 1.807) is 32.4 Å². The van der Waals surface area contributed by atoms with Crippen LogP contribution in [-0.2, 0) is 0 Å². The molecule has 0 heterocycles. The van der Waals surface area contributed by atoms with Crippen molar-refractivity contribution in [3.63, 3.8) is 0 Å². The second kappa shape index (κ2) is 5.48. The highest BCUT2D eigenvalue weighted by atomic mass is 19.1. The number of hydrogen-bond acceptors (Lipinski definition) is 4. The van der Waals surface area contributed by atoms with E-state index < -0.39 is 0 Å². The fraction of sp³-hybridized carbons (Fsp3) is 0.143. The molecule has 0 saturated heterocycles. The second-order valence-corrected chi connectivity index (χ2v) is 3.93. The first-order valence-electron chi connectivity index (χ1n) is 5.68. The highest BCUT2D eigenvalue weighted by Crippen LogP contribution is 2.32. The minimum Gasteiger partial charge on any atom is -0.493 e. The molecule has 0 aliphatic carbocycles. The molecule has 3 N–H and O–H groups in total. The third-order valence-electron chi connectivity index (χ3n) is 2.68. The van der Waals surface area contributed by atoms with Crippen LogP contribution < -0.4 is 20.5 Å². The Hall–Kier alpha value is -2.43. The van der Waals surface area contributed by atoms with Gasteiger partial charge in [-0.25, -0.2) is 4.39 Å². The van der Waals surface area contributed by atoms with Crippen molar-refractivity contribution in [2.75, 3.05) is 25.3 Å². The van der Waals surface area contributed by atoms with Crippen LogP contribution in [0.1, 0.15) is 0 Å². The number of rotatable bonds is 4. The van der Waals surface area contributed by atoms with E-state index in [0.717, 1.165) is 5.69 Å². The molecule has 0 atom stereocenters. The standard InChI is InChI=1S/C14H15FN2O2/c1-18-13-6-4-10(8-14(13)19-2)17-12-7-9(15)3-5-11(12)16/h3-8,17H,16H2,1-2H3. The van der Waals surface area contributed by atoms with Gasteiger partial charge in [0.15, 0.2) is 11.5 Å². The van der Waals surface area contributed by atoms with E-state index in [2.05, 4.69) is 5.32 Å². The molecule has 2 aromatic carbocycles. The summed E-state index contributed by atoms with van der Waals surface area (Å²) < 4.78 is 23.5. The molecule has 100 valence electrons. The third kappa shape index (κ3) is 2.88. The molecule has 0 radical (unpaired) electrons. The summed E-state index contributed by atoms with van der Waals surface area (Å²) in [7, 11) is 3.12. The largest absolute Gasteiger partial charge is 0.493 e. The quantitative estimate of drug-likeness (QED) is 0.831. The summed E-state index contributed by atoms with van der Waals surface area (Å²) in [5, 5.41) is 3.04. The van der Waals surface area contributed by atoms with E-state index in [4.69, 9.17) is 15.2 Å². The molecule has 5 heteroatoms. The van der Waals surface area contributed by atoms with Gasteiger partial charge in [0.25, 0.3) is 0 Å². The fourth-order valence-electron chi connectivity index (χ4n) is 1.71. The zero-order chi connectivity index (χ0) is 13.8. The molecule has 2 aromatic rings. The molecule has 0 bridgehead atoms. The third-order valence-corrected chi connectivity index (χ3v) is 2.68. The number of ether oxygens (including phenoxy) is 2. The first kappa shape index (κ1) is 13.0. The molecule has 0 aliphatic rings. The van der Waals surface area contributed by atoms with Crippen molar-refractivity contribution in [1.82, 2.24) is 0 Å². The maximum Gasteiger partial charge on any atom is 0.162 e. The van der Waals surface area contributed by atoms with Gasteiger partial charge in [-0.05, 0) is 30.3 Å². The molecule has 4 nitrogen and oxygen atoms in total. The Bertz CT molecular complexity index is 588. The lowest BCUT2D eigenvalue weighted by Gasteiger charge is -2.12. The number of benzene rings is 2. The molecule has 0 aliphatic heterocycles. The summed E-state index contributed by atoms with van der Waals surface area (Å²) in [6.07, 6.45) is 0. The van der Waals surface area contributed by atoms with E-state index in [-0.39, 0.29) is 5.82 Å². The van der Waals surface area contributed by atoms with Crippen LogP contribution in [0.25, 0.3) is 0 Å². The number of halogens is 1. The van der Waals surface area contributed by atoms with Crippen LogP contribution in [0.15, 0.2) is 36.4 Å². The van der Waals surface area contributed by atoms with Gasteiger partial charge >= 0.3 is 0 Å². The normalized spacial score (nSPS) is 10.1. The van der Waals surface area contributed by atoms with Crippen molar-refractivity contribution in [3.8, 4) is 11.5 Å². The van der Waals surface area contributed by atoms with Gasteiger partial charge in [0, 0.05) is 11.8 Å². The highest BCUT2D eigenvalue weighted by molar-refractivity contribution is 5.73. The molecule has 0 fully saturated rings. The van der Waals surface area contributed by atoms with E-state index >= 15 is 0 Å². The average molecular weight is 262 g/mol. The van der Waals surface area contributed by atoms with Gasteiger partial charge in [-0.3, -0.25) is 0 Å². The molecule has 19 heavy (non-hydrogen) atoms. The van der Waals surface area contributed by atoms with Crippen LogP contribution in [-0.4, -0.2) is 14.2 Å². The first-order chi connectivity index (χ1) is 9.13. The van der Waals surface area contributed by atoms with E-state index in [1.165, 1.54) is 18.2 Å². The zero-order valence-electron chi connectivity index (χ0n) is 10.7. The lowest BCUT2D eigenvalue weighted by atomic mass is 10.2. The Balaban J connectivity index is 2.30. The van der Waals surface area contributed by atoms with Crippen molar-refractivity contribution < 1.29 is 13.9 Å². The summed E-state index contributed by atoms with van der Waals surface area (Å²) in [6, 6.07) is 9.48. The maximum atomic E-state index is 13.2. The fourth-order valence-corrected chi connectivity index (χ4v) is 1.71. The van der Waals surface area contributed by atoms with Gasteiger partial charge < -0.3 is 20.5 Å². The van der Waals surface area contributed by atoms with Crippen molar-refractivity contribution in [2.24, 2.45) is 0 Å². The number of nitrogen functional groups attached to an aromatic ring is 1. The van der Waals surface area contributed by atoms with E-state index in [9.17, 15) is 4.39 Å². The summed E-state index contributed by atoms with van der Waals surface area (Å²) >= 11 is 0. The van der Waals surface area contributed by atoms with Gasteiger partial charge in [0.2, 0.25) is 0 Å².